The fourth-order valence-electron chi connectivity index (χ4n) is 3.56. The van der Waals surface area contributed by atoms with E-state index in [2.05, 4.69) is 29.1 Å². The summed E-state index contributed by atoms with van der Waals surface area (Å²) < 4.78 is 0. The van der Waals surface area contributed by atoms with Crippen LogP contribution in [0.2, 0.25) is 0 Å². The van der Waals surface area contributed by atoms with Gasteiger partial charge in [0.1, 0.15) is 0 Å². The fourth-order valence-corrected chi connectivity index (χ4v) is 3.56. The molecule has 0 radical (unpaired) electrons. The fraction of sp³-hybridized carbons (Fsp3) is 1.00. The molecule has 106 valence electrons. The van der Waals surface area contributed by atoms with Crippen molar-refractivity contribution in [3.05, 3.63) is 0 Å². The van der Waals surface area contributed by atoms with E-state index in [4.69, 9.17) is 0 Å². The molecule has 2 aliphatic heterocycles. The van der Waals surface area contributed by atoms with Crippen LogP contribution in [0.15, 0.2) is 0 Å². The van der Waals surface area contributed by atoms with Gasteiger partial charge < -0.3 is 10.2 Å². The van der Waals surface area contributed by atoms with Crippen LogP contribution in [0.25, 0.3) is 0 Å². The molecule has 0 aliphatic carbocycles. The normalized spacial score (nSPS) is 30.8. The number of piperidine rings is 2. The first-order chi connectivity index (χ1) is 8.79. The summed E-state index contributed by atoms with van der Waals surface area (Å²) in [7, 11) is 2.28. The summed E-state index contributed by atoms with van der Waals surface area (Å²) >= 11 is 0. The minimum absolute atomic E-state index is 0.811. The van der Waals surface area contributed by atoms with Crippen LogP contribution in [-0.2, 0) is 0 Å². The van der Waals surface area contributed by atoms with E-state index in [1.54, 1.807) is 0 Å². The van der Waals surface area contributed by atoms with Crippen LogP contribution < -0.4 is 5.32 Å². The van der Waals surface area contributed by atoms with Gasteiger partial charge in [0, 0.05) is 19.1 Å². The lowest BCUT2D eigenvalue weighted by atomic mass is 9.96. The molecule has 0 aromatic carbocycles. The van der Waals surface area contributed by atoms with E-state index in [1.165, 1.54) is 71.4 Å². The Kier molecular flexibility index (Phi) is 5.93. The molecule has 1 N–H and O–H groups in total. The van der Waals surface area contributed by atoms with Crippen molar-refractivity contribution in [3.8, 4) is 0 Å². The number of nitrogens with zero attached hydrogens (tertiary/aromatic N) is 2. The molecule has 3 nitrogen and oxygen atoms in total. The van der Waals surface area contributed by atoms with Gasteiger partial charge >= 0.3 is 0 Å². The number of hydrogen-bond acceptors (Lipinski definition) is 3. The molecule has 2 fully saturated rings. The summed E-state index contributed by atoms with van der Waals surface area (Å²) in [5.74, 6) is 0.887. The zero-order chi connectivity index (χ0) is 12.8. The van der Waals surface area contributed by atoms with Crippen LogP contribution >= 0.6 is 0 Å². The molecule has 2 aliphatic rings. The van der Waals surface area contributed by atoms with E-state index < -0.39 is 0 Å². The minimum Gasteiger partial charge on any atom is -0.316 e. The highest BCUT2D eigenvalue weighted by Gasteiger charge is 2.25. The molecule has 0 aromatic rings. The van der Waals surface area contributed by atoms with E-state index in [9.17, 15) is 0 Å². The first kappa shape index (κ1) is 14.3. The Morgan fingerprint density at radius 3 is 2.83 bits per heavy atom. The number of nitrogens with one attached hydrogen (secondary N) is 1. The van der Waals surface area contributed by atoms with Crippen molar-refractivity contribution in [2.75, 3.05) is 46.3 Å². The Morgan fingerprint density at radius 1 is 1.28 bits per heavy atom. The van der Waals surface area contributed by atoms with Crippen LogP contribution in [0, 0.1) is 5.92 Å². The molecular formula is C15H31N3. The summed E-state index contributed by atoms with van der Waals surface area (Å²) in [5.41, 5.74) is 0. The van der Waals surface area contributed by atoms with Crippen LogP contribution in [-0.4, -0.2) is 62.2 Å². The molecular weight excluding hydrogens is 222 g/mol. The Balaban J connectivity index is 1.85. The average molecular weight is 253 g/mol. The highest BCUT2D eigenvalue weighted by atomic mass is 15.2. The number of likely N-dealkylation sites (N-methyl/N-ethyl adjacent to an activating group) is 1. The smallest absolute Gasteiger partial charge is 0.0223 e. The summed E-state index contributed by atoms with van der Waals surface area (Å²) in [6.07, 6.45) is 6.88. The van der Waals surface area contributed by atoms with E-state index in [0.29, 0.717) is 0 Å². The van der Waals surface area contributed by atoms with Gasteiger partial charge in [0.25, 0.3) is 0 Å². The van der Waals surface area contributed by atoms with E-state index >= 15 is 0 Å². The van der Waals surface area contributed by atoms with Gasteiger partial charge in [0.05, 0.1) is 0 Å². The Labute approximate surface area is 113 Å². The largest absolute Gasteiger partial charge is 0.316 e. The lowest BCUT2D eigenvalue weighted by Crippen LogP contribution is -2.49. The highest BCUT2D eigenvalue weighted by Crippen LogP contribution is 2.19. The van der Waals surface area contributed by atoms with Gasteiger partial charge in [-0.3, -0.25) is 4.90 Å². The van der Waals surface area contributed by atoms with E-state index in [1.807, 2.05) is 0 Å². The summed E-state index contributed by atoms with van der Waals surface area (Å²) in [4.78, 5) is 5.29. The topological polar surface area (TPSA) is 18.5 Å². The van der Waals surface area contributed by atoms with Gasteiger partial charge in [-0.15, -0.1) is 0 Å². The second-order valence-electron chi connectivity index (χ2n) is 6.27. The quantitative estimate of drug-likeness (QED) is 0.806. The third-order valence-corrected chi connectivity index (χ3v) is 4.52. The Bertz CT molecular complexity index is 226. The maximum atomic E-state index is 3.56. The molecule has 0 saturated carbocycles. The third kappa shape index (κ3) is 4.22. The molecule has 2 atom stereocenters. The lowest BCUT2D eigenvalue weighted by Gasteiger charge is -2.40. The summed E-state index contributed by atoms with van der Waals surface area (Å²) in [6.45, 7) is 9.97. The molecule has 0 bridgehead atoms. The minimum atomic E-state index is 0.811. The van der Waals surface area contributed by atoms with Crippen molar-refractivity contribution in [2.24, 2.45) is 5.92 Å². The van der Waals surface area contributed by atoms with Gasteiger partial charge in [0.15, 0.2) is 0 Å². The standard InChI is InChI=1S/C15H31N3/c1-3-9-18(12-14-6-4-8-16-11-14)15-7-5-10-17(2)13-15/h14-16H,3-13H2,1-2H3. The predicted octanol–water partition coefficient (Wildman–Crippen LogP) is 1.79. The van der Waals surface area contributed by atoms with Crippen LogP contribution in [0.5, 0.6) is 0 Å². The molecule has 2 unspecified atom stereocenters. The van der Waals surface area contributed by atoms with Gasteiger partial charge in [-0.25, -0.2) is 0 Å². The van der Waals surface area contributed by atoms with Crippen molar-refractivity contribution in [1.29, 1.82) is 0 Å². The molecule has 18 heavy (non-hydrogen) atoms. The zero-order valence-electron chi connectivity index (χ0n) is 12.3. The number of likely N-dealkylation sites (tertiary alicyclic amines) is 1. The molecule has 2 saturated heterocycles. The molecule has 0 spiro atoms. The van der Waals surface area contributed by atoms with Crippen molar-refractivity contribution in [1.82, 2.24) is 15.1 Å². The van der Waals surface area contributed by atoms with E-state index in [0.717, 1.165) is 12.0 Å². The summed E-state index contributed by atoms with van der Waals surface area (Å²) in [6, 6.07) is 0.811. The van der Waals surface area contributed by atoms with Gasteiger partial charge in [0.2, 0.25) is 0 Å². The zero-order valence-corrected chi connectivity index (χ0v) is 12.3. The van der Waals surface area contributed by atoms with Crippen molar-refractivity contribution in [2.45, 2.75) is 45.1 Å². The first-order valence-corrected chi connectivity index (χ1v) is 7.93. The summed E-state index contributed by atoms with van der Waals surface area (Å²) in [5, 5.41) is 3.56. The van der Waals surface area contributed by atoms with Gasteiger partial charge in [-0.1, -0.05) is 6.92 Å². The molecule has 2 heterocycles. The monoisotopic (exact) mass is 253 g/mol. The second kappa shape index (κ2) is 7.46. The Hall–Kier alpha value is -0.120. The molecule has 3 heteroatoms. The third-order valence-electron chi connectivity index (χ3n) is 4.52. The second-order valence-corrected chi connectivity index (χ2v) is 6.27. The maximum absolute atomic E-state index is 3.56. The van der Waals surface area contributed by atoms with Crippen molar-refractivity contribution in [3.63, 3.8) is 0 Å². The van der Waals surface area contributed by atoms with Crippen LogP contribution in [0.3, 0.4) is 0 Å². The Morgan fingerprint density at radius 2 is 2.17 bits per heavy atom. The lowest BCUT2D eigenvalue weighted by molar-refractivity contribution is 0.0917. The first-order valence-electron chi connectivity index (χ1n) is 7.93. The maximum Gasteiger partial charge on any atom is 0.0223 e. The predicted molar refractivity (Wildman–Crippen MR) is 78.0 cm³/mol. The highest BCUT2D eigenvalue weighted by molar-refractivity contribution is 4.82. The van der Waals surface area contributed by atoms with Gasteiger partial charge in [-0.2, -0.15) is 0 Å². The molecule has 0 aromatic heterocycles. The van der Waals surface area contributed by atoms with Crippen molar-refractivity contribution < 1.29 is 0 Å². The van der Waals surface area contributed by atoms with Crippen molar-refractivity contribution >= 4 is 0 Å². The number of rotatable bonds is 5. The van der Waals surface area contributed by atoms with Gasteiger partial charge in [-0.05, 0) is 71.2 Å². The molecule has 0 amide bonds. The van der Waals surface area contributed by atoms with E-state index in [-0.39, 0.29) is 0 Å². The van der Waals surface area contributed by atoms with Crippen LogP contribution in [0.4, 0.5) is 0 Å². The average Bonchev–Trinajstić information content (AvgIpc) is 2.39. The number of hydrogen-bond donors (Lipinski definition) is 1. The van der Waals surface area contributed by atoms with Crippen LogP contribution in [0.1, 0.15) is 39.0 Å². The SMILES string of the molecule is CCCN(CC1CCCNC1)C1CCCN(C)C1. The molecule has 2 rings (SSSR count).